The van der Waals surface area contributed by atoms with E-state index in [0.717, 1.165) is 11.3 Å². The molecule has 1 heterocycles. The largest absolute Gasteiger partial charge is 0.497 e. The predicted molar refractivity (Wildman–Crippen MR) is 76.8 cm³/mol. The van der Waals surface area contributed by atoms with Crippen molar-refractivity contribution in [3.8, 4) is 5.75 Å². The number of benzene rings is 1. The number of alkyl halides is 1. The molecule has 1 aromatic carbocycles. The molecule has 0 aliphatic carbocycles. The van der Waals surface area contributed by atoms with Crippen molar-refractivity contribution in [3.63, 3.8) is 0 Å². The molecule has 1 saturated heterocycles. The second-order valence-corrected chi connectivity index (χ2v) is 5.23. The van der Waals surface area contributed by atoms with E-state index in [2.05, 4.69) is 5.32 Å². The molecule has 21 heavy (non-hydrogen) atoms. The maximum atomic E-state index is 13.3. The molecule has 0 radical (unpaired) electrons. The fourth-order valence-corrected chi connectivity index (χ4v) is 2.53. The van der Waals surface area contributed by atoms with Gasteiger partial charge in [-0.1, -0.05) is 12.1 Å². The van der Waals surface area contributed by atoms with E-state index >= 15 is 0 Å². The normalized spacial score (nSPS) is 22.2. The third-order valence-electron chi connectivity index (χ3n) is 3.66. The number of carbonyl (C=O) groups excluding carboxylic acids is 1. The van der Waals surface area contributed by atoms with E-state index in [1.165, 1.54) is 0 Å². The number of rotatable bonds is 6. The molecule has 1 aliphatic rings. The van der Waals surface area contributed by atoms with E-state index in [-0.39, 0.29) is 31.6 Å². The fraction of sp³-hybridized carbons (Fsp3) is 0.533. The minimum Gasteiger partial charge on any atom is -0.497 e. The van der Waals surface area contributed by atoms with Crippen LogP contribution in [0.5, 0.6) is 5.75 Å². The molecule has 0 spiro atoms. The van der Waals surface area contributed by atoms with Crippen molar-refractivity contribution in [2.45, 2.75) is 25.2 Å². The summed E-state index contributed by atoms with van der Waals surface area (Å²) in [5, 5.41) is 12.0. The van der Waals surface area contributed by atoms with Crippen molar-refractivity contribution in [1.82, 2.24) is 10.2 Å². The average molecular weight is 296 g/mol. The van der Waals surface area contributed by atoms with Crippen LogP contribution < -0.4 is 10.1 Å². The second kappa shape index (κ2) is 7.38. The summed E-state index contributed by atoms with van der Waals surface area (Å²) in [6.07, 6.45) is -0.673. The predicted octanol–water partition coefficient (Wildman–Crippen LogP) is 0.716. The van der Waals surface area contributed by atoms with Gasteiger partial charge in [-0.05, 0) is 24.1 Å². The summed E-state index contributed by atoms with van der Waals surface area (Å²) in [6, 6.07) is 7.18. The molecular weight excluding hydrogens is 275 g/mol. The van der Waals surface area contributed by atoms with Gasteiger partial charge < -0.3 is 15.2 Å². The summed E-state index contributed by atoms with van der Waals surface area (Å²) in [6.45, 7) is 0.587. The SMILES string of the molecule is COc1cccc(CNC(=O)CN2C[C@@H](F)C[C@H]2CO)c1. The maximum absolute atomic E-state index is 13.3. The molecule has 0 saturated carbocycles. The van der Waals surface area contributed by atoms with Gasteiger partial charge in [-0.25, -0.2) is 4.39 Å². The van der Waals surface area contributed by atoms with Gasteiger partial charge in [-0.2, -0.15) is 0 Å². The first-order valence-electron chi connectivity index (χ1n) is 7.01. The second-order valence-electron chi connectivity index (χ2n) is 5.23. The number of nitrogens with zero attached hydrogens (tertiary/aromatic N) is 1. The molecular formula is C15H21FN2O3. The van der Waals surface area contributed by atoms with Crippen LogP contribution in [0, 0.1) is 0 Å². The molecule has 1 amide bonds. The molecule has 5 nitrogen and oxygen atoms in total. The van der Waals surface area contributed by atoms with Crippen LogP contribution in [0.1, 0.15) is 12.0 Å². The summed E-state index contributed by atoms with van der Waals surface area (Å²) >= 11 is 0. The highest BCUT2D eigenvalue weighted by Crippen LogP contribution is 2.19. The number of methoxy groups -OCH3 is 1. The number of hydrogen-bond acceptors (Lipinski definition) is 4. The number of amides is 1. The van der Waals surface area contributed by atoms with E-state index in [1.54, 1.807) is 12.0 Å². The quantitative estimate of drug-likeness (QED) is 0.812. The highest BCUT2D eigenvalue weighted by molar-refractivity contribution is 5.78. The van der Waals surface area contributed by atoms with Crippen molar-refractivity contribution in [2.75, 3.05) is 26.8 Å². The molecule has 0 unspecified atom stereocenters. The van der Waals surface area contributed by atoms with Crippen LogP contribution in [0.3, 0.4) is 0 Å². The van der Waals surface area contributed by atoms with Gasteiger partial charge in [0.05, 0.1) is 20.3 Å². The molecule has 2 atom stereocenters. The smallest absolute Gasteiger partial charge is 0.234 e. The minimum absolute atomic E-state index is 0.107. The molecule has 6 heteroatoms. The molecule has 0 bridgehead atoms. The zero-order valence-corrected chi connectivity index (χ0v) is 12.1. The van der Waals surface area contributed by atoms with Crippen LogP contribution in [0.25, 0.3) is 0 Å². The first kappa shape index (κ1) is 15.7. The third-order valence-corrected chi connectivity index (χ3v) is 3.66. The van der Waals surface area contributed by atoms with Gasteiger partial charge in [0, 0.05) is 19.1 Å². The van der Waals surface area contributed by atoms with E-state index in [0.29, 0.717) is 13.0 Å². The van der Waals surface area contributed by atoms with Gasteiger partial charge in [0.2, 0.25) is 5.91 Å². The van der Waals surface area contributed by atoms with Crippen LogP contribution in [0.4, 0.5) is 4.39 Å². The van der Waals surface area contributed by atoms with E-state index in [1.807, 2.05) is 24.3 Å². The minimum atomic E-state index is -0.965. The summed E-state index contributed by atoms with van der Waals surface area (Å²) in [7, 11) is 1.59. The van der Waals surface area contributed by atoms with E-state index in [9.17, 15) is 14.3 Å². The lowest BCUT2D eigenvalue weighted by molar-refractivity contribution is -0.122. The summed E-state index contributed by atoms with van der Waals surface area (Å²) in [4.78, 5) is 13.6. The number of halogens is 1. The number of hydrogen-bond donors (Lipinski definition) is 2. The first-order valence-corrected chi connectivity index (χ1v) is 7.01. The number of aliphatic hydroxyl groups excluding tert-OH is 1. The topological polar surface area (TPSA) is 61.8 Å². The molecule has 0 aromatic heterocycles. The maximum Gasteiger partial charge on any atom is 0.234 e. The Morgan fingerprint density at radius 3 is 3.10 bits per heavy atom. The number of likely N-dealkylation sites (tertiary alicyclic amines) is 1. The van der Waals surface area contributed by atoms with Gasteiger partial charge in [0.1, 0.15) is 11.9 Å². The zero-order valence-electron chi connectivity index (χ0n) is 12.1. The standard InChI is InChI=1S/C15H21FN2O3/c1-21-14-4-2-3-11(5-14)7-17-15(20)9-18-8-12(16)6-13(18)10-19/h2-5,12-13,19H,6-10H2,1H3,(H,17,20)/t12-,13-/m0/s1. The monoisotopic (exact) mass is 296 g/mol. The third kappa shape index (κ3) is 4.41. The van der Waals surface area contributed by atoms with Gasteiger partial charge in [-0.15, -0.1) is 0 Å². The highest BCUT2D eigenvalue weighted by Gasteiger charge is 2.32. The zero-order chi connectivity index (χ0) is 15.2. The van der Waals surface area contributed by atoms with E-state index < -0.39 is 6.17 Å². The molecule has 2 N–H and O–H groups in total. The molecule has 1 aromatic rings. The number of ether oxygens (including phenoxy) is 1. The molecule has 1 aliphatic heterocycles. The number of aliphatic hydroxyl groups is 1. The summed E-state index contributed by atoms with van der Waals surface area (Å²) < 4.78 is 18.4. The van der Waals surface area contributed by atoms with Crippen molar-refractivity contribution in [1.29, 1.82) is 0 Å². The van der Waals surface area contributed by atoms with Crippen molar-refractivity contribution in [3.05, 3.63) is 29.8 Å². The molecule has 116 valence electrons. The lowest BCUT2D eigenvalue weighted by Gasteiger charge is -2.21. The average Bonchev–Trinajstić information content (AvgIpc) is 2.85. The van der Waals surface area contributed by atoms with Gasteiger partial charge in [0.15, 0.2) is 0 Å². The Morgan fingerprint density at radius 2 is 2.38 bits per heavy atom. The molecule has 2 rings (SSSR count). The van der Waals surface area contributed by atoms with Gasteiger partial charge >= 0.3 is 0 Å². The van der Waals surface area contributed by atoms with Crippen LogP contribution in [-0.2, 0) is 11.3 Å². The Kier molecular flexibility index (Phi) is 5.52. The summed E-state index contributed by atoms with van der Waals surface area (Å²) in [5.41, 5.74) is 0.936. The van der Waals surface area contributed by atoms with Crippen molar-refractivity contribution < 1.29 is 19.0 Å². The molecule has 1 fully saturated rings. The Morgan fingerprint density at radius 1 is 1.57 bits per heavy atom. The number of carbonyl (C=O) groups is 1. The summed E-state index contributed by atoms with van der Waals surface area (Å²) in [5.74, 6) is 0.562. The van der Waals surface area contributed by atoms with Gasteiger partial charge in [-0.3, -0.25) is 9.69 Å². The Hall–Kier alpha value is -1.66. The van der Waals surface area contributed by atoms with Crippen LogP contribution in [0.15, 0.2) is 24.3 Å². The van der Waals surface area contributed by atoms with Crippen molar-refractivity contribution in [2.24, 2.45) is 0 Å². The fourth-order valence-electron chi connectivity index (χ4n) is 2.53. The van der Waals surface area contributed by atoms with Crippen molar-refractivity contribution >= 4 is 5.91 Å². The lowest BCUT2D eigenvalue weighted by Crippen LogP contribution is -2.41. The van der Waals surface area contributed by atoms with Gasteiger partial charge in [0.25, 0.3) is 0 Å². The highest BCUT2D eigenvalue weighted by atomic mass is 19.1. The lowest BCUT2D eigenvalue weighted by atomic mass is 10.2. The van der Waals surface area contributed by atoms with E-state index in [4.69, 9.17) is 4.74 Å². The Balaban J connectivity index is 1.81. The number of nitrogens with one attached hydrogen (secondary N) is 1. The Bertz CT molecular complexity index is 484. The van der Waals surface area contributed by atoms with Crippen LogP contribution in [0.2, 0.25) is 0 Å². The van der Waals surface area contributed by atoms with Crippen LogP contribution >= 0.6 is 0 Å². The van der Waals surface area contributed by atoms with Crippen LogP contribution in [-0.4, -0.2) is 54.9 Å². The Labute approximate surface area is 123 Å². The first-order chi connectivity index (χ1) is 10.1.